The number of nitro groups is 1. The monoisotopic (exact) mass is 426 g/mol. The molecular weight excluding hydrogens is 400 g/mol. The molecule has 0 radical (unpaired) electrons. The molecule has 164 valence electrons. The van der Waals surface area contributed by atoms with Crippen LogP contribution in [0.2, 0.25) is 0 Å². The van der Waals surface area contributed by atoms with Crippen LogP contribution >= 0.6 is 0 Å². The summed E-state index contributed by atoms with van der Waals surface area (Å²) < 4.78 is 5.33. The van der Waals surface area contributed by atoms with Gasteiger partial charge in [-0.2, -0.15) is 0 Å². The summed E-state index contributed by atoms with van der Waals surface area (Å²) in [4.78, 5) is 39.5. The quantitative estimate of drug-likeness (QED) is 0.329. The van der Waals surface area contributed by atoms with E-state index in [0.29, 0.717) is 26.2 Å². The molecular formula is C22H26N4O5. The van der Waals surface area contributed by atoms with Crippen LogP contribution in [-0.2, 0) is 4.79 Å². The topological polar surface area (TPSA) is 105 Å². The molecule has 0 saturated carbocycles. The number of nitrogens with zero attached hydrogens (tertiary/aromatic N) is 3. The highest BCUT2D eigenvalue weighted by atomic mass is 16.6. The van der Waals surface area contributed by atoms with Crippen molar-refractivity contribution in [1.29, 1.82) is 0 Å². The molecule has 2 amide bonds. The van der Waals surface area contributed by atoms with Crippen molar-refractivity contribution in [3.8, 4) is 5.75 Å². The highest BCUT2D eigenvalue weighted by molar-refractivity contribution is 5.85. The predicted octanol–water partition coefficient (Wildman–Crippen LogP) is 3.06. The average molecular weight is 426 g/mol. The fourth-order valence-corrected chi connectivity index (χ4v) is 3.34. The van der Waals surface area contributed by atoms with Crippen molar-refractivity contribution in [2.24, 2.45) is 5.92 Å². The van der Waals surface area contributed by atoms with Crippen LogP contribution < -0.4 is 15.0 Å². The molecule has 1 aliphatic rings. The van der Waals surface area contributed by atoms with E-state index in [0.717, 1.165) is 5.69 Å². The molecule has 9 heteroatoms. The van der Waals surface area contributed by atoms with Gasteiger partial charge in [0.25, 0.3) is 5.69 Å². The molecule has 1 atom stereocenters. The number of carbonyl (C=O) groups excluding carboxylic acids is 2. The van der Waals surface area contributed by atoms with Gasteiger partial charge >= 0.3 is 12.0 Å². The van der Waals surface area contributed by atoms with E-state index in [-0.39, 0.29) is 23.4 Å². The standard InChI is InChI=1S/C22H26N4O5/c1-16(2)20(21(27)31-19-10-8-18(9-11-19)26(29)30)23-22(28)25-14-12-24(13-15-25)17-6-4-3-5-7-17/h3-11,16,20H,12-15H2,1-2H3,(H,23,28)/t20-/m0/s1. The number of nitrogens with one attached hydrogen (secondary N) is 1. The molecule has 3 rings (SSSR count). The Balaban J connectivity index is 1.56. The molecule has 2 aromatic rings. The number of ether oxygens (including phenoxy) is 1. The lowest BCUT2D eigenvalue weighted by atomic mass is 10.0. The van der Waals surface area contributed by atoms with Crippen LogP contribution in [0.1, 0.15) is 13.8 Å². The molecule has 1 N–H and O–H groups in total. The normalized spacial score (nSPS) is 14.8. The van der Waals surface area contributed by atoms with E-state index in [1.54, 1.807) is 4.90 Å². The number of benzene rings is 2. The van der Waals surface area contributed by atoms with Crippen molar-refractivity contribution in [2.75, 3.05) is 31.1 Å². The number of para-hydroxylation sites is 1. The lowest BCUT2D eigenvalue weighted by Gasteiger charge is -2.36. The van der Waals surface area contributed by atoms with Gasteiger partial charge in [0.2, 0.25) is 0 Å². The number of non-ortho nitro benzene ring substituents is 1. The Labute approximate surface area is 180 Å². The van der Waals surface area contributed by atoms with Gasteiger partial charge in [0.1, 0.15) is 11.8 Å². The summed E-state index contributed by atoms with van der Waals surface area (Å²) in [5.74, 6) is -0.618. The SMILES string of the molecule is CC(C)[C@H](NC(=O)N1CCN(c2ccccc2)CC1)C(=O)Oc1ccc([N+](=O)[O-])cc1. The maximum absolute atomic E-state index is 12.7. The minimum atomic E-state index is -0.838. The molecule has 0 bridgehead atoms. The van der Waals surface area contributed by atoms with Crippen LogP contribution in [0.25, 0.3) is 0 Å². The summed E-state index contributed by atoms with van der Waals surface area (Å²) in [5, 5.41) is 13.5. The van der Waals surface area contributed by atoms with Crippen LogP contribution in [-0.4, -0.2) is 54.0 Å². The third-order valence-electron chi connectivity index (χ3n) is 5.15. The fourth-order valence-electron chi connectivity index (χ4n) is 3.34. The summed E-state index contributed by atoms with van der Waals surface area (Å²) in [6, 6.07) is 14.1. The molecule has 0 spiro atoms. The maximum atomic E-state index is 12.7. The van der Waals surface area contributed by atoms with Gasteiger partial charge in [0.15, 0.2) is 0 Å². The van der Waals surface area contributed by atoms with E-state index in [4.69, 9.17) is 4.74 Å². The number of hydrogen-bond acceptors (Lipinski definition) is 6. The molecule has 1 saturated heterocycles. The minimum absolute atomic E-state index is 0.0943. The van der Waals surface area contributed by atoms with Gasteiger partial charge in [-0.15, -0.1) is 0 Å². The summed E-state index contributed by atoms with van der Waals surface area (Å²) in [6.07, 6.45) is 0. The Hall–Kier alpha value is -3.62. The summed E-state index contributed by atoms with van der Waals surface area (Å²) >= 11 is 0. The first-order valence-electron chi connectivity index (χ1n) is 10.2. The molecule has 0 unspecified atom stereocenters. The van der Waals surface area contributed by atoms with Crippen LogP contribution in [0, 0.1) is 16.0 Å². The van der Waals surface area contributed by atoms with E-state index in [1.807, 2.05) is 44.2 Å². The molecule has 0 aromatic heterocycles. The zero-order valence-electron chi connectivity index (χ0n) is 17.6. The maximum Gasteiger partial charge on any atom is 0.334 e. The number of nitro benzene ring substituents is 1. The van der Waals surface area contributed by atoms with Crippen molar-refractivity contribution < 1.29 is 19.2 Å². The molecule has 1 aliphatic heterocycles. The van der Waals surface area contributed by atoms with E-state index in [9.17, 15) is 19.7 Å². The second kappa shape index (κ2) is 9.92. The fraction of sp³-hybridized carbons (Fsp3) is 0.364. The first-order chi connectivity index (χ1) is 14.8. The number of amides is 2. The Bertz CT molecular complexity index is 909. The van der Waals surface area contributed by atoms with E-state index < -0.39 is 16.9 Å². The third-order valence-corrected chi connectivity index (χ3v) is 5.15. The van der Waals surface area contributed by atoms with Gasteiger partial charge in [-0.1, -0.05) is 32.0 Å². The van der Waals surface area contributed by atoms with E-state index in [2.05, 4.69) is 10.2 Å². The number of anilines is 1. The van der Waals surface area contributed by atoms with E-state index in [1.165, 1.54) is 24.3 Å². The van der Waals surface area contributed by atoms with Crippen molar-refractivity contribution in [3.63, 3.8) is 0 Å². The van der Waals surface area contributed by atoms with E-state index >= 15 is 0 Å². The number of urea groups is 1. The number of esters is 1. The predicted molar refractivity (Wildman–Crippen MR) is 116 cm³/mol. The number of hydrogen-bond donors (Lipinski definition) is 1. The number of rotatable bonds is 6. The van der Waals surface area contributed by atoms with Gasteiger partial charge in [0, 0.05) is 44.0 Å². The lowest BCUT2D eigenvalue weighted by Crippen LogP contribution is -2.56. The van der Waals surface area contributed by atoms with Gasteiger partial charge in [-0.25, -0.2) is 9.59 Å². The lowest BCUT2D eigenvalue weighted by molar-refractivity contribution is -0.384. The second-order valence-corrected chi connectivity index (χ2v) is 7.65. The van der Waals surface area contributed by atoms with Crippen LogP contribution in [0.4, 0.5) is 16.2 Å². The summed E-state index contributed by atoms with van der Waals surface area (Å²) in [6.45, 7) is 6.13. The first-order valence-corrected chi connectivity index (χ1v) is 10.2. The zero-order valence-corrected chi connectivity index (χ0v) is 17.6. The highest BCUT2D eigenvalue weighted by Crippen LogP contribution is 2.19. The van der Waals surface area contributed by atoms with Crippen molar-refractivity contribution >= 4 is 23.4 Å². The van der Waals surface area contributed by atoms with Crippen LogP contribution in [0.5, 0.6) is 5.75 Å². The molecule has 1 heterocycles. The van der Waals surface area contributed by atoms with Crippen LogP contribution in [0.15, 0.2) is 54.6 Å². The zero-order chi connectivity index (χ0) is 22.4. The smallest absolute Gasteiger partial charge is 0.334 e. The Morgan fingerprint density at radius 1 is 1.00 bits per heavy atom. The first kappa shape index (κ1) is 22.1. The molecule has 31 heavy (non-hydrogen) atoms. The van der Waals surface area contributed by atoms with Crippen LogP contribution in [0.3, 0.4) is 0 Å². The third kappa shape index (κ3) is 5.71. The average Bonchev–Trinajstić information content (AvgIpc) is 2.78. The largest absolute Gasteiger partial charge is 0.425 e. The van der Waals surface area contributed by atoms with Crippen molar-refractivity contribution in [3.05, 3.63) is 64.7 Å². The van der Waals surface area contributed by atoms with Gasteiger partial charge in [-0.3, -0.25) is 10.1 Å². The minimum Gasteiger partial charge on any atom is -0.425 e. The number of piperazine rings is 1. The van der Waals surface area contributed by atoms with Crippen molar-refractivity contribution in [2.45, 2.75) is 19.9 Å². The molecule has 1 fully saturated rings. The Morgan fingerprint density at radius 3 is 2.16 bits per heavy atom. The number of carbonyl (C=O) groups is 2. The van der Waals surface area contributed by atoms with Gasteiger partial charge in [-0.05, 0) is 30.2 Å². The molecule has 9 nitrogen and oxygen atoms in total. The summed E-state index contributed by atoms with van der Waals surface area (Å²) in [5.41, 5.74) is 1.03. The van der Waals surface area contributed by atoms with Crippen molar-refractivity contribution in [1.82, 2.24) is 10.2 Å². The van der Waals surface area contributed by atoms with Gasteiger partial charge < -0.3 is 19.9 Å². The molecule has 0 aliphatic carbocycles. The van der Waals surface area contributed by atoms with Gasteiger partial charge in [0.05, 0.1) is 4.92 Å². The molecule has 2 aromatic carbocycles. The second-order valence-electron chi connectivity index (χ2n) is 7.65. The highest BCUT2D eigenvalue weighted by Gasteiger charge is 2.29. The summed E-state index contributed by atoms with van der Waals surface area (Å²) in [7, 11) is 0. The Kier molecular flexibility index (Phi) is 7.07. The Morgan fingerprint density at radius 2 is 1.61 bits per heavy atom.